The van der Waals surface area contributed by atoms with E-state index in [1.165, 1.54) is 54.6 Å². The van der Waals surface area contributed by atoms with Crippen LogP contribution >= 0.6 is 0 Å². The minimum Gasteiger partial charge on any atom is -0.505 e. The second-order valence-electron chi connectivity index (χ2n) is 14.7. The predicted octanol–water partition coefficient (Wildman–Crippen LogP) is 8.65. The summed E-state index contributed by atoms with van der Waals surface area (Å²) in [5.41, 5.74) is 10.6. The van der Waals surface area contributed by atoms with Crippen LogP contribution in [0.25, 0.3) is 43.1 Å². The van der Waals surface area contributed by atoms with E-state index < -0.39 is 92.2 Å². The molecule has 0 saturated heterocycles. The summed E-state index contributed by atoms with van der Waals surface area (Å²) in [6.07, 6.45) is 0. The van der Waals surface area contributed by atoms with Gasteiger partial charge in [-0.3, -0.25) is 22.8 Å². The number of anilines is 2. The first-order chi connectivity index (χ1) is 32.1. The lowest BCUT2D eigenvalue weighted by atomic mass is 10.1. The van der Waals surface area contributed by atoms with Crippen molar-refractivity contribution < 1.29 is 70.0 Å². The first-order valence-corrected chi connectivity index (χ1v) is 26.0. The summed E-state index contributed by atoms with van der Waals surface area (Å²) in [7, 11) is -24.5. The summed E-state index contributed by atoms with van der Waals surface area (Å²) in [6.45, 7) is 0. The third kappa shape index (κ3) is 9.53. The largest absolute Gasteiger partial charge is 0.505 e. The molecule has 0 aliphatic carbocycles. The molecule has 0 amide bonds. The van der Waals surface area contributed by atoms with Crippen molar-refractivity contribution in [1.29, 1.82) is 0 Å². The molecule has 0 aliphatic rings. The highest BCUT2D eigenvalue weighted by Gasteiger charge is 2.25. The van der Waals surface area contributed by atoms with Gasteiger partial charge in [-0.05, 0) is 96.4 Å². The van der Waals surface area contributed by atoms with Gasteiger partial charge in [0.15, 0.2) is 5.75 Å². The average molecular weight is 1040 g/mol. The number of nitrogens with zero attached hydrogens (tertiary/aromatic N) is 6. The van der Waals surface area contributed by atoms with Crippen molar-refractivity contribution in [1.82, 2.24) is 0 Å². The Kier molecular flexibility index (Phi) is 11.8. The van der Waals surface area contributed by atoms with Gasteiger partial charge in [0.1, 0.15) is 15.5 Å². The Balaban J connectivity index is 1.25. The Morgan fingerprint density at radius 1 is 0.333 bits per heavy atom. The molecule has 354 valence electrons. The van der Waals surface area contributed by atoms with Crippen molar-refractivity contribution in [3.63, 3.8) is 0 Å². The molecule has 0 fully saturated rings. The van der Waals surface area contributed by atoms with E-state index >= 15 is 0 Å². The van der Waals surface area contributed by atoms with Gasteiger partial charge in [-0.1, -0.05) is 18.2 Å². The first-order valence-electron chi connectivity index (χ1n) is 18.8. The third-order valence-electron chi connectivity index (χ3n) is 10.3. The van der Waals surface area contributed by atoms with Crippen molar-refractivity contribution in [2.75, 3.05) is 11.5 Å². The molecule has 10 N–H and O–H groups in total. The fourth-order valence-electron chi connectivity index (χ4n) is 7.07. The zero-order valence-electron chi connectivity index (χ0n) is 34.0. The van der Waals surface area contributed by atoms with Crippen LogP contribution in [0.4, 0.5) is 45.5 Å². The smallest absolute Gasteiger partial charge is 0.296 e. The van der Waals surface area contributed by atoms with Gasteiger partial charge in [0, 0.05) is 43.4 Å². The molecule has 0 saturated carbocycles. The molecule has 0 heterocycles. The maximum Gasteiger partial charge on any atom is 0.296 e. The van der Waals surface area contributed by atoms with Crippen LogP contribution in [0.5, 0.6) is 5.75 Å². The summed E-state index contributed by atoms with van der Waals surface area (Å²) >= 11 is 0. The Morgan fingerprint density at radius 2 is 0.681 bits per heavy atom. The second kappa shape index (κ2) is 17.0. The maximum absolute atomic E-state index is 12.5. The van der Waals surface area contributed by atoms with Crippen LogP contribution in [-0.4, -0.2) is 70.0 Å². The molecule has 0 aromatic heterocycles. The van der Waals surface area contributed by atoms with Crippen LogP contribution < -0.4 is 11.5 Å². The van der Waals surface area contributed by atoms with Gasteiger partial charge >= 0.3 is 0 Å². The minimum absolute atomic E-state index is 0.0227. The van der Waals surface area contributed by atoms with E-state index in [0.717, 1.165) is 54.6 Å². The monoisotopic (exact) mass is 1040 g/mol. The van der Waals surface area contributed by atoms with Crippen molar-refractivity contribution in [3.8, 4) is 5.75 Å². The Labute approximate surface area is 388 Å². The molecule has 8 aromatic rings. The summed E-state index contributed by atoms with van der Waals surface area (Å²) in [5, 5.41) is 36.3. The fraction of sp³-hybridized carbons (Fsp3) is 0. The number of fused-ring (bicyclic) bond motifs is 4. The van der Waals surface area contributed by atoms with E-state index in [-0.39, 0.29) is 71.8 Å². The summed E-state index contributed by atoms with van der Waals surface area (Å²) < 4.78 is 171. The Morgan fingerprint density at radius 3 is 1.09 bits per heavy atom. The molecule has 0 radical (unpaired) electrons. The van der Waals surface area contributed by atoms with Crippen molar-refractivity contribution >= 4 is 139 Å². The van der Waals surface area contributed by atoms with Gasteiger partial charge < -0.3 is 16.6 Å². The zero-order chi connectivity index (χ0) is 50.2. The topological polar surface area (TPSA) is 418 Å². The average Bonchev–Trinajstić information content (AvgIpc) is 3.26. The number of phenolic OH excluding ortho intramolecular Hbond substituents is 1. The number of hydrogen-bond donors (Lipinski definition) is 8. The molecule has 0 spiro atoms. The van der Waals surface area contributed by atoms with Crippen molar-refractivity contribution in [2.45, 2.75) is 24.5 Å². The number of nitrogens with two attached hydrogens (primary N) is 2. The number of benzene rings is 8. The number of phenols is 1. The van der Waals surface area contributed by atoms with E-state index in [4.69, 9.17) is 11.5 Å². The van der Waals surface area contributed by atoms with Crippen LogP contribution in [0, 0.1) is 0 Å². The van der Waals surface area contributed by atoms with Gasteiger partial charge in [-0.15, -0.1) is 30.7 Å². The number of nitrogen functional groups attached to an aromatic ring is 2. The molecule has 0 atom stereocenters. The number of aromatic hydroxyl groups is 1. The van der Waals surface area contributed by atoms with E-state index in [0.29, 0.717) is 5.39 Å². The maximum atomic E-state index is 12.5. The van der Waals surface area contributed by atoms with E-state index in [9.17, 15) is 70.0 Å². The van der Waals surface area contributed by atoms with E-state index in [1.54, 1.807) is 0 Å². The van der Waals surface area contributed by atoms with Gasteiger partial charge in [-0.2, -0.15) is 42.1 Å². The lowest BCUT2D eigenvalue weighted by Crippen LogP contribution is -2.04. The van der Waals surface area contributed by atoms with E-state index in [1.807, 2.05) is 0 Å². The highest BCUT2D eigenvalue weighted by atomic mass is 32.2. The SMILES string of the molecule is Nc1cc2c(O)c(N=Nc3ccc(N=Nc4ccc(N=Nc5ccc(N)c6ccc(S(=O)(=O)O)cc56)c5ccc(S(=O)(=O)O)cc45)c4ccc(S(=O)(=O)O)cc34)c(S(=O)(=O)O)cc2cc1S(=O)(=O)O. The molecule has 29 heteroatoms. The predicted molar refractivity (Wildman–Crippen MR) is 248 cm³/mol. The number of rotatable bonds is 11. The highest BCUT2D eigenvalue weighted by molar-refractivity contribution is 7.87. The zero-order valence-corrected chi connectivity index (χ0v) is 38.1. The minimum atomic E-state index is -5.27. The molecule has 0 unspecified atom stereocenters. The summed E-state index contributed by atoms with van der Waals surface area (Å²) in [4.78, 5) is -3.57. The quantitative estimate of drug-likeness (QED) is 0.0341. The van der Waals surface area contributed by atoms with Gasteiger partial charge in [0.05, 0.1) is 48.8 Å². The number of hydrogen-bond acceptors (Lipinski definition) is 19. The molecule has 24 nitrogen and oxygen atoms in total. The molecular weight excluding hydrogens is 1010 g/mol. The normalized spacial score (nSPS) is 13.3. The van der Waals surface area contributed by atoms with Gasteiger partial charge in [0.25, 0.3) is 50.6 Å². The third-order valence-corrected chi connectivity index (χ3v) is 14.6. The molecule has 0 aliphatic heterocycles. The summed E-state index contributed by atoms with van der Waals surface area (Å²) in [5.74, 6) is -0.976. The van der Waals surface area contributed by atoms with Crippen LogP contribution in [0.15, 0.2) is 164 Å². The van der Waals surface area contributed by atoms with Gasteiger partial charge in [-0.25, -0.2) is 0 Å². The molecule has 8 aromatic carbocycles. The molecular formula is C40H28N8O16S5. The number of azo groups is 3. The van der Waals surface area contributed by atoms with Crippen molar-refractivity contribution in [2.24, 2.45) is 30.7 Å². The summed E-state index contributed by atoms with van der Waals surface area (Å²) in [6, 6.07) is 20.8. The lowest BCUT2D eigenvalue weighted by molar-refractivity contribution is 0.472. The van der Waals surface area contributed by atoms with Crippen LogP contribution in [0.1, 0.15) is 0 Å². The van der Waals surface area contributed by atoms with Crippen LogP contribution in [0.2, 0.25) is 0 Å². The Hall–Kier alpha value is -7.45. The standard InChI is InChI=1S/C40H28N8O16S5/c41-30-7-8-34(27-15-20(65(50,51)52)1-4-23(27)30)45-43-32-9-11-35(28-16-21(66(53,54)55)2-5-24(28)32)46-44-33-10-12-36(29-17-22(67(56,57)58)3-6-25(29)33)47-48-39-38(69(62,63)64)14-19-13-37(68(59,60)61)31(42)18-26(19)40(39)49/h1-18,49H,41-42H2,(H,50,51,52)(H,53,54,55)(H,56,57,58)(H,59,60,61)(H,62,63,64). The van der Waals surface area contributed by atoms with Crippen molar-refractivity contribution in [3.05, 3.63) is 109 Å². The molecule has 69 heavy (non-hydrogen) atoms. The highest BCUT2D eigenvalue weighted by Crippen LogP contribution is 2.45. The lowest BCUT2D eigenvalue weighted by Gasteiger charge is -2.11. The van der Waals surface area contributed by atoms with Gasteiger partial charge in [0.2, 0.25) is 0 Å². The van der Waals surface area contributed by atoms with Crippen LogP contribution in [0.3, 0.4) is 0 Å². The fourth-order valence-corrected chi connectivity index (χ4v) is 9.88. The first kappa shape index (κ1) is 48.0. The second-order valence-corrected chi connectivity index (χ2v) is 21.7. The molecule has 0 bridgehead atoms. The Bertz CT molecular complexity index is 4270. The molecule has 8 rings (SSSR count). The van der Waals surface area contributed by atoms with E-state index in [2.05, 4.69) is 30.7 Å². The van der Waals surface area contributed by atoms with Crippen LogP contribution in [-0.2, 0) is 50.6 Å².